The summed E-state index contributed by atoms with van der Waals surface area (Å²) in [5.74, 6) is 0.797. The van der Waals surface area contributed by atoms with Gasteiger partial charge in [0.15, 0.2) is 17.5 Å². The van der Waals surface area contributed by atoms with Crippen LogP contribution >= 0.6 is 0 Å². The van der Waals surface area contributed by atoms with Crippen molar-refractivity contribution >= 4 is 11.6 Å². The highest BCUT2D eigenvalue weighted by Gasteiger charge is 2.04. The fourth-order valence-electron chi connectivity index (χ4n) is 1.98. The van der Waals surface area contributed by atoms with Crippen molar-refractivity contribution in [1.82, 2.24) is 0 Å². The fraction of sp³-hybridized carbons (Fsp3) is 0.235. The van der Waals surface area contributed by atoms with Gasteiger partial charge in [0, 0.05) is 11.8 Å². The predicted molar refractivity (Wildman–Crippen MR) is 89.5 cm³/mol. The lowest BCUT2D eigenvalue weighted by atomic mass is 10.2. The minimum Gasteiger partial charge on any atom is -0.497 e. The number of rotatable bonds is 6. The van der Waals surface area contributed by atoms with Crippen LogP contribution in [0.1, 0.15) is 12.5 Å². The number of hydrogen-bond acceptors (Lipinski definition) is 3. The third-order valence-corrected chi connectivity index (χ3v) is 3.07. The zero-order valence-corrected chi connectivity index (χ0v) is 13.2. The molecule has 0 amide bonds. The van der Waals surface area contributed by atoms with E-state index in [1.165, 1.54) is 6.07 Å². The van der Waals surface area contributed by atoms with Gasteiger partial charge in [0.25, 0.3) is 0 Å². The number of nitrogens with one attached hydrogen (secondary N) is 1. The normalized spacial score (nSPS) is 11.2. The average molecular weight is 317 g/mol. The van der Waals surface area contributed by atoms with Crippen molar-refractivity contribution in [2.75, 3.05) is 19.0 Å². The molecule has 0 unspecified atom stereocenters. The van der Waals surface area contributed by atoms with Gasteiger partial charge in [-0.2, -0.15) is 0 Å². The van der Waals surface area contributed by atoms with E-state index in [9.17, 15) is 4.39 Å². The molecule has 2 aromatic carbocycles. The van der Waals surface area contributed by atoms with Crippen molar-refractivity contribution < 1.29 is 13.9 Å². The maximum absolute atomic E-state index is 13.8. The summed E-state index contributed by atoms with van der Waals surface area (Å²) in [6.45, 7) is 2.50. The van der Waals surface area contributed by atoms with Gasteiger partial charge in [-0.05, 0) is 36.8 Å². The molecule has 0 radical (unpaired) electrons. The van der Waals surface area contributed by atoms with Gasteiger partial charge in [0.2, 0.25) is 0 Å². The number of anilines is 1. The van der Waals surface area contributed by atoms with Gasteiger partial charge in [-0.1, -0.05) is 12.1 Å². The molecular weight excluding hydrogens is 297 g/mol. The highest BCUT2D eigenvalue weighted by atomic mass is 19.1. The van der Waals surface area contributed by atoms with Gasteiger partial charge < -0.3 is 20.5 Å². The monoisotopic (exact) mass is 317 g/mol. The Balaban J connectivity index is 2.00. The Labute approximate surface area is 134 Å². The Kier molecular flexibility index (Phi) is 5.80. The van der Waals surface area contributed by atoms with Gasteiger partial charge in [0.1, 0.15) is 5.75 Å². The molecule has 3 N–H and O–H groups in total. The molecule has 23 heavy (non-hydrogen) atoms. The van der Waals surface area contributed by atoms with E-state index < -0.39 is 5.82 Å². The Morgan fingerprint density at radius 1 is 1.26 bits per heavy atom. The second kappa shape index (κ2) is 8.03. The van der Waals surface area contributed by atoms with Crippen LogP contribution in [-0.4, -0.2) is 19.7 Å². The Morgan fingerprint density at radius 2 is 2.09 bits per heavy atom. The molecule has 122 valence electrons. The van der Waals surface area contributed by atoms with E-state index in [1.54, 1.807) is 25.3 Å². The number of aliphatic imine (C=N–C) groups is 1. The third-order valence-electron chi connectivity index (χ3n) is 3.07. The van der Waals surface area contributed by atoms with Crippen molar-refractivity contribution in [3.63, 3.8) is 0 Å². The standard InChI is InChI=1S/C17H20FN3O2/c1-3-23-16-8-7-12(9-15(16)18)11-20-17(19)21-13-5-4-6-14(10-13)22-2/h4-10H,3,11H2,1-2H3,(H3,19,20,21). The molecule has 2 aromatic rings. The second-order valence-corrected chi connectivity index (χ2v) is 4.76. The van der Waals surface area contributed by atoms with Crippen LogP contribution in [0, 0.1) is 5.82 Å². The van der Waals surface area contributed by atoms with E-state index in [-0.39, 0.29) is 18.3 Å². The summed E-state index contributed by atoms with van der Waals surface area (Å²) in [6, 6.07) is 12.1. The summed E-state index contributed by atoms with van der Waals surface area (Å²) < 4.78 is 24.1. The average Bonchev–Trinajstić information content (AvgIpc) is 2.55. The van der Waals surface area contributed by atoms with Crippen LogP contribution in [0.4, 0.5) is 10.1 Å². The second-order valence-electron chi connectivity index (χ2n) is 4.76. The Morgan fingerprint density at radius 3 is 2.78 bits per heavy atom. The summed E-state index contributed by atoms with van der Waals surface area (Å²) in [5.41, 5.74) is 7.32. The minimum absolute atomic E-state index is 0.239. The van der Waals surface area contributed by atoms with Crippen molar-refractivity contribution in [3.05, 3.63) is 53.8 Å². The lowest BCUT2D eigenvalue weighted by Gasteiger charge is -2.08. The van der Waals surface area contributed by atoms with Gasteiger partial charge in [0.05, 0.1) is 20.3 Å². The number of halogens is 1. The van der Waals surface area contributed by atoms with Crippen LogP contribution in [0.2, 0.25) is 0 Å². The number of methoxy groups -OCH3 is 1. The molecule has 0 heterocycles. The molecule has 0 aromatic heterocycles. The molecule has 0 aliphatic carbocycles. The van der Waals surface area contributed by atoms with Crippen LogP contribution in [-0.2, 0) is 6.54 Å². The Hall–Kier alpha value is -2.76. The van der Waals surface area contributed by atoms with Crippen LogP contribution in [0.25, 0.3) is 0 Å². The van der Waals surface area contributed by atoms with Crippen molar-refractivity contribution in [1.29, 1.82) is 0 Å². The first-order valence-corrected chi connectivity index (χ1v) is 7.24. The molecule has 0 aliphatic heterocycles. The van der Waals surface area contributed by atoms with E-state index in [1.807, 2.05) is 25.1 Å². The number of nitrogens with two attached hydrogens (primary N) is 1. The molecule has 0 atom stereocenters. The lowest BCUT2D eigenvalue weighted by Crippen LogP contribution is -2.22. The minimum atomic E-state index is -0.404. The highest BCUT2D eigenvalue weighted by molar-refractivity contribution is 5.92. The lowest BCUT2D eigenvalue weighted by molar-refractivity contribution is 0.321. The summed E-state index contributed by atoms with van der Waals surface area (Å²) in [7, 11) is 1.59. The molecule has 0 saturated carbocycles. The fourth-order valence-corrected chi connectivity index (χ4v) is 1.98. The molecular formula is C17H20FN3O2. The van der Waals surface area contributed by atoms with Crippen LogP contribution < -0.4 is 20.5 Å². The molecule has 6 heteroatoms. The number of nitrogens with zero attached hydrogens (tertiary/aromatic N) is 1. The quantitative estimate of drug-likeness (QED) is 0.634. The maximum atomic E-state index is 13.8. The van der Waals surface area contributed by atoms with Crippen molar-refractivity contribution in [2.24, 2.45) is 10.7 Å². The molecule has 5 nitrogen and oxygen atoms in total. The largest absolute Gasteiger partial charge is 0.497 e. The van der Waals surface area contributed by atoms with E-state index in [0.29, 0.717) is 12.2 Å². The first-order valence-electron chi connectivity index (χ1n) is 7.24. The molecule has 0 fully saturated rings. The summed E-state index contributed by atoms with van der Waals surface area (Å²) in [6.07, 6.45) is 0. The Bertz CT molecular complexity index is 689. The third kappa shape index (κ3) is 4.88. The van der Waals surface area contributed by atoms with E-state index in [0.717, 1.165) is 11.4 Å². The molecule has 0 bridgehead atoms. The number of benzene rings is 2. The van der Waals surface area contributed by atoms with Crippen molar-refractivity contribution in [3.8, 4) is 11.5 Å². The summed E-state index contributed by atoms with van der Waals surface area (Å²) >= 11 is 0. The van der Waals surface area contributed by atoms with E-state index in [2.05, 4.69) is 10.3 Å². The topological polar surface area (TPSA) is 68.9 Å². The highest BCUT2D eigenvalue weighted by Crippen LogP contribution is 2.19. The van der Waals surface area contributed by atoms with Gasteiger partial charge in [-0.15, -0.1) is 0 Å². The molecule has 0 spiro atoms. The van der Waals surface area contributed by atoms with E-state index >= 15 is 0 Å². The zero-order chi connectivity index (χ0) is 16.7. The number of ether oxygens (including phenoxy) is 2. The van der Waals surface area contributed by atoms with E-state index in [4.69, 9.17) is 15.2 Å². The first kappa shape index (κ1) is 16.6. The number of hydrogen-bond donors (Lipinski definition) is 2. The zero-order valence-electron chi connectivity index (χ0n) is 13.2. The predicted octanol–water partition coefficient (Wildman–Crippen LogP) is 3.16. The van der Waals surface area contributed by atoms with Gasteiger partial charge >= 0.3 is 0 Å². The van der Waals surface area contributed by atoms with Gasteiger partial charge in [-0.25, -0.2) is 9.38 Å². The van der Waals surface area contributed by atoms with Gasteiger partial charge in [-0.3, -0.25) is 0 Å². The smallest absolute Gasteiger partial charge is 0.193 e. The first-order chi connectivity index (χ1) is 11.1. The molecule has 0 aliphatic rings. The van der Waals surface area contributed by atoms with Crippen LogP contribution in [0.5, 0.6) is 11.5 Å². The summed E-state index contributed by atoms with van der Waals surface area (Å²) in [5, 5.41) is 2.96. The number of guanidine groups is 1. The van der Waals surface area contributed by atoms with Crippen LogP contribution in [0.15, 0.2) is 47.5 Å². The maximum Gasteiger partial charge on any atom is 0.193 e. The van der Waals surface area contributed by atoms with Crippen LogP contribution in [0.3, 0.4) is 0 Å². The SMILES string of the molecule is CCOc1ccc(CN=C(N)Nc2cccc(OC)c2)cc1F. The molecule has 0 saturated heterocycles. The van der Waals surface area contributed by atoms with Crippen molar-refractivity contribution in [2.45, 2.75) is 13.5 Å². The summed E-state index contributed by atoms with van der Waals surface area (Å²) in [4.78, 5) is 4.20. The molecule has 2 rings (SSSR count).